The summed E-state index contributed by atoms with van der Waals surface area (Å²) in [5.41, 5.74) is 0. The van der Waals surface area contributed by atoms with Gasteiger partial charge in [-0.15, -0.1) is 0 Å². The van der Waals surface area contributed by atoms with Gasteiger partial charge in [0, 0.05) is 0 Å². The molecule has 0 heterocycles. The highest BCUT2D eigenvalue weighted by Gasteiger charge is 2.37. The second-order valence-corrected chi connectivity index (χ2v) is 6.33. The molecule has 2 aliphatic carbocycles. The molecule has 1 unspecified atom stereocenters. The zero-order chi connectivity index (χ0) is 12.8. The van der Waals surface area contributed by atoms with Crippen LogP contribution >= 0.6 is 0 Å². The third-order valence-electron chi connectivity index (χ3n) is 5.00. The summed E-state index contributed by atoms with van der Waals surface area (Å²) >= 11 is 0. The summed E-state index contributed by atoms with van der Waals surface area (Å²) in [5.74, 6) is 1.66. The molecule has 104 valence electrons. The molecule has 2 fully saturated rings. The van der Waals surface area contributed by atoms with Crippen LogP contribution in [0.2, 0.25) is 11.6 Å². The molecule has 0 amide bonds. The Morgan fingerprint density at radius 2 is 1.33 bits per heavy atom. The molecular formula is C15H30BNO. The molecule has 3 heteroatoms. The summed E-state index contributed by atoms with van der Waals surface area (Å²) in [7, 11) is 2.00. The van der Waals surface area contributed by atoms with E-state index in [4.69, 9.17) is 4.65 Å². The molecule has 0 spiro atoms. The van der Waals surface area contributed by atoms with Gasteiger partial charge < -0.3 is 4.65 Å². The summed E-state index contributed by atoms with van der Waals surface area (Å²) in [6, 6.07) is 0. The highest BCUT2D eigenvalue weighted by Crippen LogP contribution is 2.41. The maximum absolute atomic E-state index is 6.37. The third-order valence-corrected chi connectivity index (χ3v) is 5.00. The standard InChI is InChI=1S/C15H30BNO/c1-13(17-2)18-16(14-9-5-3-6-10-14)15-11-7-4-8-12-15/h13-15,17H,3-12H2,1-2H3. The highest BCUT2D eigenvalue weighted by molar-refractivity contribution is 6.55. The van der Waals surface area contributed by atoms with Crippen molar-refractivity contribution in [2.75, 3.05) is 7.05 Å². The predicted octanol–water partition coefficient (Wildman–Crippen LogP) is 4.23. The van der Waals surface area contributed by atoms with Crippen LogP contribution in [0.25, 0.3) is 0 Å². The van der Waals surface area contributed by atoms with Crippen LogP contribution in [-0.2, 0) is 4.65 Å². The van der Waals surface area contributed by atoms with E-state index in [1.54, 1.807) is 0 Å². The van der Waals surface area contributed by atoms with Gasteiger partial charge in [0.25, 0.3) is 0 Å². The minimum atomic E-state index is 0.207. The second kappa shape index (κ2) is 7.54. The smallest absolute Gasteiger partial charge is 0.301 e. The number of nitrogens with one attached hydrogen (secondary N) is 1. The minimum absolute atomic E-state index is 0.207. The van der Waals surface area contributed by atoms with Gasteiger partial charge in [0.1, 0.15) is 0 Å². The van der Waals surface area contributed by atoms with Crippen molar-refractivity contribution in [3.8, 4) is 0 Å². The molecule has 0 radical (unpaired) electrons. The first-order chi connectivity index (χ1) is 8.81. The fourth-order valence-corrected chi connectivity index (χ4v) is 3.84. The van der Waals surface area contributed by atoms with Crippen molar-refractivity contribution in [3.63, 3.8) is 0 Å². The molecule has 2 nitrogen and oxygen atoms in total. The van der Waals surface area contributed by atoms with E-state index < -0.39 is 0 Å². The Bertz CT molecular complexity index is 207. The van der Waals surface area contributed by atoms with Crippen LogP contribution in [0.4, 0.5) is 0 Å². The van der Waals surface area contributed by atoms with E-state index in [0.717, 1.165) is 11.6 Å². The average molecular weight is 251 g/mol. The topological polar surface area (TPSA) is 21.3 Å². The average Bonchev–Trinajstić information content (AvgIpc) is 2.46. The first kappa shape index (κ1) is 14.4. The Balaban J connectivity index is 1.95. The Morgan fingerprint density at radius 3 is 1.72 bits per heavy atom. The van der Waals surface area contributed by atoms with E-state index in [2.05, 4.69) is 12.2 Å². The molecule has 0 aliphatic heterocycles. The molecular weight excluding hydrogens is 221 g/mol. The molecule has 0 aromatic carbocycles. The quantitative estimate of drug-likeness (QED) is 0.583. The summed E-state index contributed by atoms with van der Waals surface area (Å²) in [6.07, 6.45) is 14.4. The Hall–Kier alpha value is -0.0151. The maximum atomic E-state index is 6.37. The molecule has 0 aromatic heterocycles. The maximum Gasteiger partial charge on any atom is 0.301 e. The van der Waals surface area contributed by atoms with Gasteiger partial charge in [0.2, 0.25) is 0 Å². The van der Waals surface area contributed by atoms with Gasteiger partial charge >= 0.3 is 6.92 Å². The van der Waals surface area contributed by atoms with Crippen molar-refractivity contribution >= 4 is 6.92 Å². The van der Waals surface area contributed by atoms with Gasteiger partial charge in [-0.25, -0.2) is 0 Å². The van der Waals surface area contributed by atoms with E-state index in [1.165, 1.54) is 64.2 Å². The Morgan fingerprint density at radius 1 is 0.889 bits per heavy atom. The molecule has 0 saturated heterocycles. The highest BCUT2D eigenvalue weighted by atomic mass is 16.5. The third kappa shape index (κ3) is 3.99. The van der Waals surface area contributed by atoms with Crippen molar-refractivity contribution in [1.29, 1.82) is 0 Å². The lowest BCUT2D eigenvalue weighted by Crippen LogP contribution is -2.39. The predicted molar refractivity (Wildman–Crippen MR) is 79.0 cm³/mol. The van der Waals surface area contributed by atoms with Gasteiger partial charge in [0.05, 0.1) is 6.23 Å². The van der Waals surface area contributed by atoms with E-state index in [-0.39, 0.29) is 6.23 Å². The van der Waals surface area contributed by atoms with E-state index in [1.807, 2.05) is 7.05 Å². The summed E-state index contributed by atoms with van der Waals surface area (Å²) < 4.78 is 6.37. The van der Waals surface area contributed by atoms with Gasteiger partial charge in [-0.2, -0.15) is 0 Å². The molecule has 2 saturated carbocycles. The molecule has 18 heavy (non-hydrogen) atoms. The van der Waals surface area contributed by atoms with Crippen molar-refractivity contribution in [3.05, 3.63) is 0 Å². The normalized spacial score (nSPS) is 25.0. The van der Waals surface area contributed by atoms with Crippen molar-refractivity contribution < 1.29 is 4.65 Å². The summed E-state index contributed by atoms with van der Waals surface area (Å²) in [5, 5.41) is 3.25. The fourth-order valence-electron chi connectivity index (χ4n) is 3.84. The first-order valence-electron chi connectivity index (χ1n) is 8.14. The Labute approximate surface area is 113 Å². The molecule has 0 bridgehead atoms. The van der Waals surface area contributed by atoms with Crippen LogP contribution < -0.4 is 5.32 Å². The van der Waals surface area contributed by atoms with Gasteiger partial charge in [-0.1, -0.05) is 64.2 Å². The van der Waals surface area contributed by atoms with Crippen LogP contribution in [-0.4, -0.2) is 20.2 Å². The summed E-state index contributed by atoms with van der Waals surface area (Å²) in [6.45, 7) is 2.67. The molecule has 1 atom stereocenters. The fraction of sp³-hybridized carbons (Fsp3) is 1.00. The largest absolute Gasteiger partial charge is 0.421 e. The van der Waals surface area contributed by atoms with Gasteiger partial charge in [-0.3, -0.25) is 5.32 Å². The van der Waals surface area contributed by atoms with Crippen LogP contribution in [0.1, 0.15) is 71.1 Å². The van der Waals surface area contributed by atoms with Crippen LogP contribution in [0.15, 0.2) is 0 Å². The van der Waals surface area contributed by atoms with Crippen LogP contribution in [0.5, 0.6) is 0 Å². The minimum Gasteiger partial charge on any atom is -0.421 e. The van der Waals surface area contributed by atoms with Gasteiger partial charge in [0.15, 0.2) is 0 Å². The monoisotopic (exact) mass is 251 g/mol. The number of hydrogen-bond acceptors (Lipinski definition) is 2. The molecule has 2 aliphatic rings. The zero-order valence-corrected chi connectivity index (χ0v) is 12.3. The lowest BCUT2D eigenvalue weighted by Gasteiger charge is -2.36. The van der Waals surface area contributed by atoms with Crippen LogP contribution in [0.3, 0.4) is 0 Å². The van der Waals surface area contributed by atoms with E-state index in [0.29, 0.717) is 6.92 Å². The SMILES string of the molecule is CNC(C)OB(C1CCCCC1)C1CCCCC1. The van der Waals surface area contributed by atoms with Crippen molar-refractivity contribution in [2.24, 2.45) is 0 Å². The van der Waals surface area contributed by atoms with Crippen LogP contribution in [0, 0.1) is 0 Å². The van der Waals surface area contributed by atoms with Crippen molar-refractivity contribution in [2.45, 2.75) is 89.0 Å². The van der Waals surface area contributed by atoms with E-state index in [9.17, 15) is 0 Å². The Kier molecular flexibility index (Phi) is 6.03. The summed E-state index contributed by atoms with van der Waals surface area (Å²) in [4.78, 5) is 0. The number of hydrogen-bond donors (Lipinski definition) is 1. The van der Waals surface area contributed by atoms with Crippen molar-refractivity contribution in [1.82, 2.24) is 5.32 Å². The first-order valence-corrected chi connectivity index (χ1v) is 8.14. The molecule has 0 aromatic rings. The molecule has 2 rings (SSSR count). The second-order valence-electron chi connectivity index (χ2n) is 6.33. The number of rotatable bonds is 5. The molecule has 1 N–H and O–H groups in total. The van der Waals surface area contributed by atoms with E-state index >= 15 is 0 Å². The lowest BCUT2D eigenvalue weighted by molar-refractivity contribution is 0.175. The lowest BCUT2D eigenvalue weighted by atomic mass is 9.42. The van der Waals surface area contributed by atoms with Gasteiger partial charge in [-0.05, 0) is 25.6 Å². The zero-order valence-electron chi connectivity index (χ0n) is 12.3.